The number of phenolic OH excluding ortho intramolecular Hbond substituents is 1. The van der Waals surface area contributed by atoms with Gasteiger partial charge in [0.25, 0.3) is 0 Å². The standard InChI is InChI=1S/C39H42N2O4/c1-26-21-33-37(39(44)41(38(33)43)31-17-19-40(20-18-31)24-27-9-4-2-5-10-27)34-25-45-35(36(26)34)16-15-30(29-12-6-3-7-13-29)22-28-11-8-14-32(42)23-28/h2-14,22-23,31,33-35,37,42H,15-21,24-25H2,1H3/b30-22-/t33-,34+,35-,37-/m1/s1. The molecule has 0 spiro atoms. The third-order valence-electron chi connectivity index (χ3n) is 10.4. The van der Waals surface area contributed by atoms with Gasteiger partial charge in [0.2, 0.25) is 11.8 Å². The highest BCUT2D eigenvalue weighted by Crippen LogP contribution is 2.50. The van der Waals surface area contributed by atoms with Gasteiger partial charge in [-0.3, -0.25) is 19.4 Å². The minimum absolute atomic E-state index is 0.0134. The summed E-state index contributed by atoms with van der Waals surface area (Å²) in [5.41, 5.74) is 7.05. The molecular weight excluding hydrogens is 560 g/mol. The number of carbonyl (C=O) groups excluding carboxylic acids is 2. The summed E-state index contributed by atoms with van der Waals surface area (Å²) in [5.74, 6) is -0.281. The number of aromatic hydroxyl groups is 1. The van der Waals surface area contributed by atoms with Crippen molar-refractivity contribution < 1.29 is 19.4 Å². The molecule has 3 aromatic rings. The Bertz CT molecular complexity index is 1610. The van der Waals surface area contributed by atoms with Gasteiger partial charge in [0.1, 0.15) is 5.75 Å². The molecule has 6 heteroatoms. The normalized spacial score (nSPS) is 26.0. The number of allylic oxidation sites excluding steroid dienone is 2. The smallest absolute Gasteiger partial charge is 0.234 e. The number of carbonyl (C=O) groups is 2. The van der Waals surface area contributed by atoms with Gasteiger partial charge >= 0.3 is 0 Å². The van der Waals surface area contributed by atoms with Crippen LogP contribution in [-0.2, 0) is 20.9 Å². The van der Waals surface area contributed by atoms with E-state index in [0.29, 0.717) is 13.0 Å². The largest absolute Gasteiger partial charge is 0.508 e. The molecule has 2 amide bonds. The van der Waals surface area contributed by atoms with E-state index in [2.05, 4.69) is 54.3 Å². The van der Waals surface area contributed by atoms with Gasteiger partial charge < -0.3 is 9.84 Å². The third-order valence-corrected chi connectivity index (χ3v) is 10.4. The molecule has 3 heterocycles. The Labute approximate surface area is 266 Å². The number of fused-ring (bicyclic) bond motifs is 3. The summed E-state index contributed by atoms with van der Waals surface area (Å²) < 4.78 is 6.46. The number of piperidine rings is 1. The van der Waals surface area contributed by atoms with Gasteiger partial charge in [0.05, 0.1) is 24.5 Å². The number of rotatable bonds is 8. The first kappa shape index (κ1) is 29.7. The second kappa shape index (κ2) is 12.8. The summed E-state index contributed by atoms with van der Waals surface area (Å²) in [4.78, 5) is 32.0. The predicted molar refractivity (Wildman–Crippen MR) is 176 cm³/mol. The van der Waals surface area contributed by atoms with Gasteiger partial charge in [-0.1, -0.05) is 84.4 Å². The molecule has 0 aromatic heterocycles. The van der Waals surface area contributed by atoms with Crippen molar-refractivity contribution in [1.29, 1.82) is 0 Å². The van der Waals surface area contributed by atoms with Crippen LogP contribution in [0.25, 0.3) is 11.6 Å². The first-order valence-electron chi connectivity index (χ1n) is 16.5. The second-order valence-electron chi connectivity index (χ2n) is 13.2. The molecule has 232 valence electrons. The Morgan fingerprint density at radius 3 is 2.38 bits per heavy atom. The average Bonchev–Trinajstić information content (AvgIpc) is 3.59. The van der Waals surface area contributed by atoms with Crippen LogP contribution < -0.4 is 0 Å². The monoisotopic (exact) mass is 602 g/mol. The van der Waals surface area contributed by atoms with Crippen molar-refractivity contribution in [2.75, 3.05) is 19.7 Å². The van der Waals surface area contributed by atoms with E-state index in [1.807, 2.05) is 36.4 Å². The average molecular weight is 603 g/mol. The summed E-state index contributed by atoms with van der Waals surface area (Å²) in [6, 6.07) is 28.1. The lowest BCUT2D eigenvalue weighted by Gasteiger charge is -2.36. The van der Waals surface area contributed by atoms with Crippen LogP contribution in [0.5, 0.6) is 5.75 Å². The number of hydrogen-bond donors (Lipinski definition) is 1. The maximum Gasteiger partial charge on any atom is 0.234 e. The molecule has 3 aromatic carbocycles. The first-order chi connectivity index (χ1) is 22.0. The van der Waals surface area contributed by atoms with Crippen molar-refractivity contribution in [2.45, 2.75) is 57.7 Å². The van der Waals surface area contributed by atoms with E-state index < -0.39 is 0 Å². The molecule has 3 aliphatic heterocycles. The molecule has 0 saturated carbocycles. The Hall–Kier alpha value is -4.00. The molecule has 0 bridgehead atoms. The van der Waals surface area contributed by atoms with Crippen LogP contribution >= 0.6 is 0 Å². The number of nitrogens with zero attached hydrogens (tertiary/aromatic N) is 2. The molecule has 1 N–H and O–H groups in total. The molecular formula is C39H42N2O4. The van der Waals surface area contributed by atoms with Crippen LogP contribution in [0.4, 0.5) is 0 Å². The zero-order chi connectivity index (χ0) is 30.9. The molecule has 45 heavy (non-hydrogen) atoms. The Balaban J connectivity index is 1.04. The van der Waals surface area contributed by atoms with Crippen molar-refractivity contribution in [3.8, 4) is 5.75 Å². The van der Waals surface area contributed by atoms with Gasteiger partial charge in [0.15, 0.2) is 0 Å². The highest BCUT2D eigenvalue weighted by atomic mass is 16.5. The van der Waals surface area contributed by atoms with Crippen LogP contribution in [0.15, 0.2) is 96.1 Å². The molecule has 7 rings (SSSR count). The lowest BCUT2D eigenvalue weighted by Crippen LogP contribution is -2.47. The SMILES string of the molecule is CC1=C2[C@@H](CC/C(=C/c3cccc(O)c3)c3ccccc3)OC[C@@H]2[C@@H]2C(=O)N(C3CCN(Cc4ccccc4)CC3)C(=O)[C@@H]2C1. The van der Waals surface area contributed by atoms with E-state index in [9.17, 15) is 14.7 Å². The zero-order valence-electron chi connectivity index (χ0n) is 26.0. The quantitative estimate of drug-likeness (QED) is 0.176. The number of likely N-dealkylation sites (tertiary alicyclic amines) is 2. The fraction of sp³-hybridized carbons (Fsp3) is 0.385. The fourth-order valence-electron chi connectivity index (χ4n) is 8.25. The number of phenols is 1. The molecule has 4 atom stereocenters. The van der Waals surface area contributed by atoms with Crippen LogP contribution in [-0.4, -0.2) is 58.6 Å². The summed E-state index contributed by atoms with van der Waals surface area (Å²) in [6.45, 7) is 5.33. The lowest BCUT2D eigenvalue weighted by molar-refractivity contribution is -0.144. The highest BCUT2D eigenvalue weighted by Gasteiger charge is 2.57. The van der Waals surface area contributed by atoms with E-state index in [1.54, 1.807) is 17.0 Å². The van der Waals surface area contributed by atoms with Crippen molar-refractivity contribution in [2.24, 2.45) is 17.8 Å². The van der Waals surface area contributed by atoms with Crippen molar-refractivity contribution in [3.05, 3.63) is 113 Å². The molecule has 6 nitrogen and oxygen atoms in total. The van der Waals surface area contributed by atoms with Crippen molar-refractivity contribution >= 4 is 23.5 Å². The van der Waals surface area contributed by atoms with E-state index in [1.165, 1.54) is 22.3 Å². The second-order valence-corrected chi connectivity index (χ2v) is 13.2. The first-order valence-corrected chi connectivity index (χ1v) is 16.5. The number of imide groups is 1. The number of hydrogen-bond acceptors (Lipinski definition) is 5. The third kappa shape index (κ3) is 6.01. The molecule has 1 aliphatic carbocycles. The fourth-order valence-corrected chi connectivity index (χ4v) is 8.25. The number of amides is 2. The summed E-state index contributed by atoms with van der Waals surface area (Å²) >= 11 is 0. The van der Waals surface area contributed by atoms with Crippen LogP contribution in [0.3, 0.4) is 0 Å². The Kier molecular flexibility index (Phi) is 8.43. The summed E-state index contributed by atoms with van der Waals surface area (Å²) in [7, 11) is 0. The number of benzene rings is 3. The van der Waals surface area contributed by atoms with Gasteiger partial charge in [-0.05, 0) is 79.0 Å². The maximum atomic E-state index is 14.0. The molecule has 3 saturated heterocycles. The van der Waals surface area contributed by atoms with E-state index in [4.69, 9.17) is 4.74 Å². The van der Waals surface area contributed by atoms with Crippen LogP contribution in [0, 0.1) is 17.8 Å². The summed E-state index contributed by atoms with van der Waals surface area (Å²) in [5, 5.41) is 10.0. The Morgan fingerprint density at radius 2 is 1.64 bits per heavy atom. The van der Waals surface area contributed by atoms with Crippen molar-refractivity contribution in [1.82, 2.24) is 9.80 Å². The zero-order valence-corrected chi connectivity index (χ0v) is 26.0. The molecule has 4 aliphatic rings. The van der Waals surface area contributed by atoms with Gasteiger partial charge in [-0.15, -0.1) is 0 Å². The molecule has 0 unspecified atom stereocenters. The van der Waals surface area contributed by atoms with E-state index >= 15 is 0 Å². The van der Waals surface area contributed by atoms with Gasteiger partial charge in [-0.2, -0.15) is 0 Å². The highest BCUT2D eigenvalue weighted by molar-refractivity contribution is 6.06. The molecule has 0 radical (unpaired) electrons. The molecule has 3 fully saturated rings. The minimum Gasteiger partial charge on any atom is -0.508 e. The predicted octanol–water partition coefficient (Wildman–Crippen LogP) is 6.71. The maximum absolute atomic E-state index is 14.0. The van der Waals surface area contributed by atoms with E-state index in [0.717, 1.165) is 56.4 Å². The van der Waals surface area contributed by atoms with Crippen LogP contribution in [0.2, 0.25) is 0 Å². The Morgan fingerprint density at radius 1 is 0.911 bits per heavy atom. The van der Waals surface area contributed by atoms with Gasteiger partial charge in [0, 0.05) is 31.6 Å². The van der Waals surface area contributed by atoms with Gasteiger partial charge in [-0.25, -0.2) is 0 Å². The number of ether oxygens (including phenoxy) is 1. The van der Waals surface area contributed by atoms with E-state index in [-0.39, 0.29) is 47.5 Å². The summed E-state index contributed by atoms with van der Waals surface area (Å²) in [6.07, 6.45) is 5.98. The van der Waals surface area contributed by atoms with Crippen molar-refractivity contribution in [3.63, 3.8) is 0 Å². The topological polar surface area (TPSA) is 70.1 Å². The lowest BCUT2D eigenvalue weighted by atomic mass is 9.70. The van der Waals surface area contributed by atoms with Crippen LogP contribution in [0.1, 0.15) is 55.7 Å². The minimum atomic E-state index is -0.306.